The lowest BCUT2D eigenvalue weighted by Gasteiger charge is -2.36. The first-order chi connectivity index (χ1) is 15.0. The maximum atomic E-state index is 13.0. The average molecular weight is 442 g/mol. The van der Waals surface area contributed by atoms with Crippen LogP contribution in [-0.2, 0) is 9.59 Å². The Hall–Kier alpha value is -2.47. The van der Waals surface area contributed by atoms with E-state index in [-0.39, 0.29) is 17.4 Å². The van der Waals surface area contributed by atoms with E-state index in [1.807, 2.05) is 18.2 Å². The van der Waals surface area contributed by atoms with Crippen molar-refractivity contribution in [2.24, 2.45) is 0 Å². The fourth-order valence-electron chi connectivity index (χ4n) is 3.51. The second kappa shape index (κ2) is 12.4. The summed E-state index contributed by atoms with van der Waals surface area (Å²) >= 11 is 5.49. The van der Waals surface area contributed by atoms with Gasteiger partial charge in [-0.25, -0.2) is 0 Å². The molecule has 1 aromatic carbocycles. The fourth-order valence-corrected chi connectivity index (χ4v) is 3.86. The molecule has 0 aliphatic carbocycles. The lowest BCUT2D eigenvalue weighted by Crippen LogP contribution is -2.56. The Morgan fingerprint density at radius 1 is 0.871 bits per heavy atom. The van der Waals surface area contributed by atoms with E-state index in [4.69, 9.17) is 12.2 Å². The van der Waals surface area contributed by atoms with Crippen molar-refractivity contribution in [2.75, 3.05) is 31.1 Å². The molecule has 0 N–H and O–H groups in total. The zero-order valence-electron chi connectivity index (χ0n) is 19.3. The number of allylic oxidation sites excluding steroid dienone is 2. The highest BCUT2D eigenvalue weighted by molar-refractivity contribution is 7.80. The van der Waals surface area contributed by atoms with E-state index >= 15 is 0 Å². The zero-order chi connectivity index (χ0) is 22.8. The van der Waals surface area contributed by atoms with Crippen LogP contribution in [0, 0.1) is 0 Å². The van der Waals surface area contributed by atoms with Gasteiger partial charge in [-0.1, -0.05) is 51.0 Å². The van der Waals surface area contributed by atoms with Crippen LogP contribution in [-0.4, -0.2) is 52.9 Å². The number of benzene rings is 1. The van der Waals surface area contributed by atoms with Gasteiger partial charge in [-0.2, -0.15) is 0 Å². The summed E-state index contributed by atoms with van der Waals surface area (Å²) in [5.41, 5.74) is 2.38. The van der Waals surface area contributed by atoms with Crippen LogP contribution in [0.3, 0.4) is 0 Å². The van der Waals surface area contributed by atoms with E-state index in [9.17, 15) is 9.59 Å². The van der Waals surface area contributed by atoms with E-state index < -0.39 is 0 Å². The topological polar surface area (TPSA) is 43.9 Å². The predicted octanol–water partition coefficient (Wildman–Crippen LogP) is 5.03. The number of rotatable bonds is 11. The third-order valence-electron chi connectivity index (χ3n) is 5.46. The second-order valence-electron chi connectivity index (χ2n) is 7.61. The van der Waals surface area contributed by atoms with Crippen molar-refractivity contribution in [3.63, 3.8) is 0 Å². The average Bonchev–Trinajstić information content (AvgIpc) is 2.78. The summed E-state index contributed by atoms with van der Waals surface area (Å²) in [5.74, 6) is -0.588. The molecule has 1 aromatic rings. The van der Waals surface area contributed by atoms with Gasteiger partial charge in [0.25, 0.3) is 11.8 Å². The fraction of sp³-hybridized carbons (Fsp3) is 0.480. The van der Waals surface area contributed by atoms with Crippen LogP contribution in [0.5, 0.6) is 0 Å². The number of hydrogen-bond acceptors (Lipinski definition) is 4. The van der Waals surface area contributed by atoms with Crippen LogP contribution >= 0.6 is 12.2 Å². The Balaban J connectivity index is 2.23. The standard InChI is InChI=1S/C25H35N3O2S/c1-5-9-18-27-23(29)22(24(30)28(25(27)31)19-10-6-2)13-11-12-20-14-16-21(17-15-20)26(7-3)8-4/h11-17H,5-10,18-19H2,1-4H3/b12-11+. The minimum Gasteiger partial charge on any atom is -0.372 e. The van der Waals surface area contributed by atoms with E-state index in [1.54, 1.807) is 22.0 Å². The Kier molecular flexibility index (Phi) is 9.92. The zero-order valence-corrected chi connectivity index (χ0v) is 20.1. The summed E-state index contributed by atoms with van der Waals surface area (Å²) in [7, 11) is 0. The summed E-state index contributed by atoms with van der Waals surface area (Å²) in [4.78, 5) is 31.4. The lowest BCUT2D eigenvalue weighted by molar-refractivity contribution is -0.133. The van der Waals surface area contributed by atoms with E-state index in [1.165, 1.54) is 5.69 Å². The lowest BCUT2D eigenvalue weighted by atomic mass is 10.1. The van der Waals surface area contributed by atoms with Crippen molar-refractivity contribution in [3.8, 4) is 0 Å². The molecule has 0 aromatic heterocycles. The molecule has 6 heteroatoms. The molecule has 1 aliphatic rings. The number of unbranched alkanes of at least 4 members (excludes halogenated alkanes) is 2. The third kappa shape index (κ3) is 6.26. The second-order valence-corrected chi connectivity index (χ2v) is 7.97. The Labute approximate surface area is 192 Å². The molecule has 2 amide bonds. The van der Waals surface area contributed by atoms with Gasteiger partial charge in [-0.05, 0) is 62.7 Å². The van der Waals surface area contributed by atoms with Gasteiger partial charge in [0.2, 0.25) is 0 Å². The van der Waals surface area contributed by atoms with Gasteiger partial charge in [-0.15, -0.1) is 0 Å². The van der Waals surface area contributed by atoms with Crippen LogP contribution in [0.2, 0.25) is 0 Å². The maximum absolute atomic E-state index is 13.0. The number of nitrogens with zero attached hydrogens (tertiary/aromatic N) is 3. The van der Waals surface area contributed by atoms with Crippen LogP contribution in [0.25, 0.3) is 6.08 Å². The first-order valence-electron chi connectivity index (χ1n) is 11.4. The van der Waals surface area contributed by atoms with E-state index in [2.05, 4.69) is 44.7 Å². The molecule has 2 rings (SSSR count). The molecule has 0 spiro atoms. The summed E-state index contributed by atoms with van der Waals surface area (Å²) in [6.07, 6.45) is 8.94. The van der Waals surface area contributed by atoms with Gasteiger partial charge in [-0.3, -0.25) is 19.4 Å². The van der Waals surface area contributed by atoms with Gasteiger partial charge in [0.15, 0.2) is 5.11 Å². The van der Waals surface area contributed by atoms with E-state index in [0.717, 1.165) is 44.3 Å². The molecule has 0 unspecified atom stereocenters. The molecule has 1 saturated heterocycles. The molecule has 1 fully saturated rings. The summed E-state index contributed by atoms with van der Waals surface area (Å²) in [6, 6.07) is 8.27. The highest BCUT2D eigenvalue weighted by Gasteiger charge is 2.38. The first-order valence-corrected chi connectivity index (χ1v) is 11.8. The number of carbonyl (C=O) groups excluding carboxylic acids is 2. The summed E-state index contributed by atoms with van der Waals surface area (Å²) < 4.78 is 0. The van der Waals surface area contributed by atoms with Crippen molar-refractivity contribution in [1.82, 2.24) is 9.80 Å². The molecule has 5 nitrogen and oxygen atoms in total. The molecule has 1 aliphatic heterocycles. The monoisotopic (exact) mass is 441 g/mol. The molecular formula is C25H35N3O2S. The van der Waals surface area contributed by atoms with Crippen molar-refractivity contribution in [3.05, 3.63) is 47.6 Å². The van der Waals surface area contributed by atoms with Crippen LogP contribution in [0.15, 0.2) is 42.0 Å². The largest absolute Gasteiger partial charge is 0.372 e. The number of thiocarbonyl (C=S) groups is 1. The molecule has 1 heterocycles. The summed E-state index contributed by atoms with van der Waals surface area (Å²) in [5, 5.41) is 0.338. The Bertz CT molecular complexity index is 794. The smallest absolute Gasteiger partial charge is 0.265 e. The van der Waals surface area contributed by atoms with Gasteiger partial charge < -0.3 is 4.90 Å². The normalized spacial score (nSPS) is 14.7. The molecule has 0 saturated carbocycles. The highest BCUT2D eigenvalue weighted by Crippen LogP contribution is 2.20. The maximum Gasteiger partial charge on any atom is 0.265 e. The first kappa shape index (κ1) is 24.8. The predicted molar refractivity (Wildman–Crippen MR) is 133 cm³/mol. The molecule has 0 bridgehead atoms. The molecule has 0 atom stereocenters. The van der Waals surface area contributed by atoms with Crippen LogP contribution in [0.4, 0.5) is 5.69 Å². The molecule has 31 heavy (non-hydrogen) atoms. The van der Waals surface area contributed by atoms with Gasteiger partial charge in [0.05, 0.1) is 0 Å². The highest BCUT2D eigenvalue weighted by atomic mass is 32.1. The van der Waals surface area contributed by atoms with Crippen molar-refractivity contribution in [1.29, 1.82) is 0 Å². The van der Waals surface area contributed by atoms with Crippen molar-refractivity contribution < 1.29 is 9.59 Å². The van der Waals surface area contributed by atoms with Gasteiger partial charge in [0, 0.05) is 31.9 Å². The number of carbonyl (C=O) groups is 2. The summed E-state index contributed by atoms with van der Waals surface area (Å²) in [6.45, 7) is 11.4. The van der Waals surface area contributed by atoms with Crippen LogP contribution < -0.4 is 4.90 Å². The quantitative estimate of drug-likeness (QED) is 0.274. The van der Waals surface area contributed by atoms with Gasteiger partial charge in [0.1, 0.15) is 5.57 Å². The molecule has 0 radical (unpaired) electrons. The molecule has 168 valence electrons. The number of hydrogen-bond donors (Lipinski definition) is 0. The van der Waals surface area contributed by atoms with E-state index in [0.29, 0.717) is 18.2 Å². The Morgan fingerprint density at radius 3 is 1.84 bits per heavy atom. The van der Waals surface area contributed by atoms with Gasteiger partial charge >= 0.3 is 0 Å². The van der Waals surface area contributed by atoms with Crippen molar-refractivity contribution >= 4 is 40.9 Å². The van der Waals surface area contributed by atoms with Crippen molar-refractivity contribution in [2.45, 2.75) is 53.4 Å². The third-order valence-corrected chi connectivity index (χ3v) is 5.90. The molecular weight excluding hydrogens is 406 g/mol. The number of amides is 2. The minimum absolute atomic E-state index is 0.178. The number of anilines is 1. The minimum atomic E-state index is -0.294. The SMILES string of the molecule is CCCCN1C(=O)C(=C/C=C/c2ccc(N(CC)CC)cc2)C(=O)N(CCCC)C1=S. The Morgan fingerprint density at radius 2 is 1.39 bits per heavy atom. The van der Waals surface area contributed by atoms with Crippen LogP contribution in [0.1, 0.15) is 58.9 Å².